The predicted molar refractivity (Wildman–Crippen MR) is 146 cm³/mol. The van der Waals surface area contributed by atoms with E-state index in [2.05, 4.69) is 21.8 Å². The van der Waals surface area contributed by atoms with Crippen LogP contribution in [0.25, 0.3) is 0 Å². The molecule has 0 radical (unpaired) electrons. The minimum Gasteiger partial charge on any atom is -0.491 e. The van der Waals surface area contributed by atoms with Crippen LogP contribution in [0.3, 0.4) is 0 Å². The molecule has 2 aromatic carbocycles. The van der Waals surface area contributed by atoms with Crippen molar-refractivity contribution in [2.45, 2.75) is 13.0 Å². The van der Waals surface area contributed by atoms with Crippen LogP contribution in [0, 0.1) is 5.82 Å². The van der Waals surface area contributed by atoms with Gasteiger partial charge in [0.15, 0.2) is 0 Å². The highest BCUT2D eigenvalue weighted by Crippen LogP contribution is 2.36. The summed E-state index contributed by atoms with van der Waals surface area (Å²) in [7, 11) is 0. The van der Waals surface area contributed by atoms with Crippen LogP contribution in [-0.2, 0) is 16.1 Å². The van der Waals surface area contributed by atoms with Crippen molar-refractivity contribution in [1.82, 2.24) is 9.91 Å². The number of ether oxygens (including phenoxy) is 2. The van der Waals surface area contributed by atoms with E-state index < -0.39 is 0 Å². The number of morpholine rings is 1. The molecular weight excluding hydrogens is 532 g/mol. The van der Waals surface area contributed by atoms with Crippen LogP contribution >= 0.6 is 36.6 Å². The molecule has 8 nitrogen and oxygen atoms in total. The van der Waals surface area contributed by atoms with Gasteiger partial charge in [-0.25, -0.2) is 9.38 Å². The maximum absolute atomic E-state index is 13.2. The van der Waals surface area contributed by atoms with Gasteiger partial charge in [-0.2, -0.15) is 4.53 Å². The van der Waals surface area contributed by atoms with Gasteiger partial charge < -0.3 is 14.8 Å². The van der Waals surface area contributed by atoms with Crippen LogP contribution in [0.4, 0.5) is 21.5 Å². The molecule has 2 aromatic rings. The number of nitrogens with zero attached hydrogens (tertiary/aromatic N) is 4. The molecule has 2 aliphatic rings. The highest BCUT2D eigenvalue weighted by molar-refractivity contribution is 6.25. The van der Waals surface area contributed by atoms with Gasteiger partial charge in [-0.05, 0) is 42.8 Å². The van der Waals surface area contributed by atoms with E-state index in [1.165, 1.54) is 22.7 Å². The molecule has 0 atom stereocenters. The molecule has 12 heteroatoms. The first-order valence-corrected chi connectivity index (χ1v) is 11.4. The lowest BCUT2D eigenvalue weighted by molar-refractivity contribution is -0.111. The monoisotopic (exact) mass is 559 g/mol. The first kappa shape index (κ1) is 29.7. The molecule has 0 unspecified atom stereocenters. The maximum Gasteiger partial charge on any atom is 0.247 e. The summed E-state index contributed by atoms with van der Waals surface area (Å²) in [6.45, 7) is 8.73. The number of hydrazine groups is 1. The number of hydrogen-bond acceptors (Lipinski definition) is 7. The van der Waals surface area contributed by atoms with E-state index >= 15 is 0 Å². The smallest absolute Gasteiger partial charge is 0.247 e. The van der Waals surface area contributed by atoms with Gasteiger partial charge in [-0.3, -0.25) is 14.7 Å². The third kappa shape index (κ3) is 7.72. The molecule has 1 N–H and O–H groups in total. The Labute approximate surface area is 227 Å². The zero-order chi connectivity index (χ0) is 23.9. The van der Waals surface area contributed by atoms with Crippen LogP contribution < -0.4 is 14.6 Å². The quantitative estimate of drug-likeness (QED) is 0.266. The summed E-state index contributed by atoms with van der Waals surface area (Å²) in [5.74, 6) is -0.131. The summed E-state index contributed by atoms with van der Waals surface area (Å²) in [4.78, 5) is 18.9. The molecule has 0 saturated carbocycles. The van der Waals surface area contributed by atoms with Gasteiger partial charge in [0.2, 0.25) is 5.91 Å². The molecule has 196 valence electrons. The van der Waals surface area contributed by atoms with Crippen LogP contribution in [0.1, 0.15) is 12.0 Å². The number of fused-ring (bicyclic) bond motifs is 1. The van der Waals surface area contributed by atoms with E-state index in [4.69, 9.17) is 21.3 Å². The molecule has 2 heterocycles. The zero-order valence-electron chi connectivity index (χ0n) is 19.6. The molecule has 2 aliphatic heterocycles. The van der Waals surface area contributed by atoms with E-state index in [0.29, 0.717) is 30.3 Å². The third-order valence-electron chi connectivity index (χ3n) is 5.53. The molecule has 4 rings (SSSR count). The highest BCUT2D eigenvalue weighted by Gasteiger charge is 2.21. The maximum atomic E-state index is 13.2. The van der Waals surface area contributed by atoms with Gasteiger partial charge >= 0.3 is 0 Å². The first-order chi connectivity index (χ1) is 16.5. The minimum absolute atomic E-state index is 0. The molecule has 0 spiro atoms. The number of carbonyl (C=O) groups is 1. The topological polar surface area (TPSA) is 69.6 Å². The highest BCUT2D eigenvalue weighted by atomic mass is 35.5. The predicted octanol–water partition coefficient (Wildman–Crippen LogP) is 4.95. The summed E-state index contributed by atoms with van der Waals surface area (Å²) in [5.41, 5.74) is 2.70. The molecule has 1 fully saturated rings. The van der Waals surface area contributed by atoms with Crippen molar-refractivity contribution in [3.05, 3.63) is 60.4 Å². The van der Waals surface area contributed by atoms with Gasteiger partial charge in [0.25, 0.3) is 0 Å². The SMILES string of the molecule is C=CC(=O)Nc1cc2c(cc1OCCCN1CCOCC1)N=CN(N(Cl)c1ccc(F)cc1)C2.Cl.Cl. The van der Waals surface area contributed by atoms with Crippen LogP contribution in [0.5, 0.6) is 5.75 Å². The molecule has 0 aromatic heterocycles. The average molecular weight is 561 g/mol. The molecule has 1 amide bonds. The number of nitrogens with one attached hydrogen (secondary N) is 1. The van der Waals surface area contributed by atoms with Crippen molar-refractivity contribution >= 4 is 65.9 Å². The molecule has 0 aliphatic carbocycles. The number of rotatable bonds is 9. The fourth-order valence-electron chi connectivity index (χ4n) is 3.72. The fraction of sp³-hybridized carbons (Fsp3) is 0.333. The summed E-state index contributed by atoms with van der Waals surface area (Å²) in [6, 6.07) is 9.47. The minimum atomic E-state index is -0.341. The fourth-order valence-corrected chi connectivity index (χ4v) is 3.93. The lowest BCUT2D eigenvalue weighted by Gasteiger charge is -2.31. The largest absolute Gasteiger partial charge is 0.491 e. The summed E-state index contributed by atoms with van der Waals surface area (Å²) in [5, 5.41) is 4.49. The number of aliphatic imine (C=N–C) groups is 1. The lowest BCUT2D eigenvalue weighted by Crippen LogP contribution is -2.37. The Morgan fingerprint density at radius 3 is 2.67 bits per heavy atom. The number of amides is 1. The number of halogens is 4. The number of hydrogen-bond donors (Lipinski definition) is 1. The Bertz CT molecular complexity index is 1050. The Morgan fingerprint density at radius 2 is 1.97 bits per heavy atom. The van der Waals surface area contributed by atoms with E-state index in [1.807, 2.05) is 12.1 Å². The number of anilines is 2. The number of carbonyl (C=O) groups excluding carboxylic acids is 1. The Balaban J connectivity index is 0.00000228. The zero-order valence-corrected chi connectivity index (χ0v) is 22.0. The van der Waals surface area contributed by atoms with E-state index in [0.717, 1.165) is 50.5 Å². The van der Waals surface area contributed by atoms with Crippen LogP contribution in [0.2, 0.25) is 0 Å². The van der Waals surface area contributed by atoms with Crippen LogP contribution in [0.15, 0.2) is 54.0 Å². The van der Waals surface area contributed by atoms with Gasteiger partial charge in [0, 0.05) is 43.0 Å². The molecular formula is C24H29Cl3FN5O3. The Morgan fingerprint density at radius 1 is 1.25 bits per heavy atom. The van der Waals surface area contributed by atoms with Crippen molar-refractivity contribution in [3.8, 4) is 5.75 Å². The van der Waals surface area contributed by atoms with E-state index in [-0.39, 0.29) is 36.5 Å². The Kier molecular flexibility index (Phi) is 11.7. The normalized spacial score (nSPS) is 14.7. The standard InChI is InChI=1S/C24H27ClFN5O3.2ClH/c1-2-24(32)28-22-14-18-16-30(31(25)20-6-4-19(26)5-7-20)17-27-21(18)15-23(22)34-11-3-8-29-9-12-33-13-10-29;;/h2,4-7,14-15,17H,1,3,8-13,16H2,(H,28,32);2*1H. The summed E-state index contributed by atoms with van der Waals surface area (Å²) in [6.07, 6.45) is 3.66. The van der Waals surface area contributed by atoms with Gasteiger partial charge in [-0.1, -0.05) is 6.58 Å². The summed E-state index contributed by atoms with van der Waals surface area (Å²) < 4.78 is 26.0. The first-order valence-electron chi connectivity index (χ1n) is 11.1. The average Bonchev–Trinajstić information content (AvgIpc) is 2.87. The lowest BCUT2D eigenvalue weighted by atomic mass is 10.1. The van der Waals surface area contributed by atoms with E-state index in [9.17, 15) is 9.18 Å². The van der Waals surface area contributed by atoms with Crippen molar-refractivity contribution in [2.75, 3.05) is 49.3 Å². The van der Waals surface area contributed by atoms with Crippen molar-refractivity contribution in [1.29, 1.82) is 0 Å². The summed E-state index contributed by atoms with van der Waals surface area (Å²) >= 11 is 6.46. The second-order valence-electron chi connectivity index (χ2n) is 7.91. The molecule has 0 bridgehead atoms. The second kappa shape index (κ2) is 14.2. The Hall–Kier alpha value is -2.56. The van der Waals surface area contributed by atoms with Crippen molar-refractivity contribution < 1.29 is 18.7 Å². The van der Waals surface area contributed by atoms with Crippen LogP contribution in [-0.4, -0.2) is 61.6 Å². The number of benzene rings is 2. The molecule has 36 heavy (non-hydrogen) atoms. The van der Waals surface area contributed by atoms with Crippen molar-refractivity contribution in [2.24, 2.45) is 4.99 Å². The molecule has 1 saturated heterocycles. The van der Waals surface area contributed by atoms with Gasteiger partial charge in [0.05, 0.1) is 43.4 Å². The van der Waals surface area contributed by atoms with Crippen molar-refractivity contribution in [3.63, 3.8) is 0 Å². The van der Waals surface area contributed by atoms with Gasteiger partial charge in [-0.15, -0.1) is 24.8 Å². The second-order valence-corrected chi connectivity index (χ2v) is 8.23. The van der Waals surface area contributed by atoms with E-state index in [1.54, 1.807) is 23.5 Å². The third-order valence-corrected chi connectivity index (χ3v) is 5.92. The van der Waals surface area contributed by atoms with Gasteiger partial charge in [0.1, 0.15) is 17.9 Å².